The number of nitrogens with one attached hydrogen (secondary N) is 2. The summed E-state index contributed by atoms with van der Waals surface area (Å²) in [6.07, 6.45) is 2.04. The topological polar surface area (TPSA) is 80.0 Å². The Morgan fingerprint density at radius 1 is 1.48 bits per heavy atom. The van der Waals surface area contributed by atoms with Gasteiger partial charge in [-0.05, 0) is 31.0 Å². The van der Waals surface area contributed by atoms with Gasteiger partial charge in [0.1, 0.15) is 0 Å². The molecule has 110 valence electrons. The van der Waals surface area contributed by atoms with E-state index in [1.165, 1.54) is 0 Å². The van der Waals surface area contributed by atoms with Crippen LogP contribution in [0.15, 0.2) is 33.3 Å². The standard InChI is InChI=1S/C14H15BrN4O2/c15-10-5-2-1-4-9(10)8-17-13(20)12-18-14(21-19-12)11-6-3-7-16-11/h1-2,4-5,11,16H,3,6-8H2,(H,17,20). The van der Waals surface area contributed by atoms with Crippen molar-refractivity contribution in [3.05, 3.63) is 46.0 Å². The quantitative estimate of drug-likeness (QED) is 0.883. The van der Waals surface area contributed by atoms with Gasteiger partial charge in [-0.1, -0.05) is 39.3 Å². The molecule has 1 saturated heterocycles. The van der Waals surface area contributed by atoms with Crippen LogP contribution in [0.2, 0.25) is 0 Å². The Balaban J connectivity index is 1.62. The first-order chi connectivity index (χ1) is 10.2. The zero-order chi connectivity index (χ0) is 14.7. The average Bonchev–Trinajstić information content (AvgIpc) is 3.16. The van der Waals surface area contributed by atoms with E-state index in [-0.39, 0.29) is 17.8 Å². The molecule has 1 atom stereocenters. The van der Waals surface area contributed by atoms with Crippen LogP contribution in [0.4, 0.5) is 0 Å². The third-order valence-electron chi connectivity index (χ3n) is 3.40. The first kappa shape index (κ1) is 14.2. The number of carbonyl (C=O) groups is 1. The highest BCUT2D eigenvalue weighted by Crippen LogP contribution is 2.21. The molecule has 0 radical (unpaired) electrons. The maximum Gasteiger partial charge on any atom is 0.292 e. The lowest BCUT2D eigenvalue weighted by Gasteiger charge is -2.04. The molecule has 2 N–H and O–H groups in total. The Hall–Kier alpha value is -1.73. The third-order valence-corrected chi connectivity index (χ3v) is 4.17. The molecule has 1 aromatic heterocycles. The first-order valence-electron chi connectivity index (χ1n) is 6.82. The van der Waals surface area contributed by atoms with E-state index in [2.05, 4.69) is 36.7 Å². The monoisotopic (exact) mass is 350 g/mol. The second-order valence-electron chi connectivity index (χ2n) is 4.88. The highest BCUT2D eigenvalue weighted by Gasteiger charge is 2.24. The van der Waals surface area contributed by atoms with Gasteiger partial charge in [-0.15, -0.1) is 0 Å². The zero-order valence-corrected chi connectivity index (χ0v) is 12.9. The van der Waals surface area contributed by atoms with E-state index < -0.39 is 0 Å². The minimum absolute atomic E-state index is 0.0716. The number of nitrogens with zero attached hydrogens (tertiary/aromatic N) is 2. The molecular weight excluding hydrogens is 336 g/mol. The number of aromatic nitrogens is 2. The lowest BCUT2D eigenvalue weighted by atomic mass is 10.2. The molecule has 21 heavy (non-hydrogen) atoms. The molecule has 0 aliphatic carbocycles. The Kier molecular flexibility index (Phi) is 4.31. The van der Waals surface area contributed by atoms with E-state index in [1.54, 1.807) is 0 Å². The summed E-state index contributed by atoms with van der Waals surface area (Å²) >= 11 is 3.44. The van der Waals surface area contributed by atoms with Crippen molar-refractivity contribution < 1.29 is 9.32 Å². The Morgan fingerprint density at radius 3 is 3.10 bits per heavy atom. The number of benzene rings is 1. The van der Waals surface area contributed by atoms with Crippen LogP contribution >= 0.6 is 15.9 Å². The normalized spacial score (nSPS) is 17.9. The smallest absolute Gasteiger partial charge is 0.292 e. The van der Waals surface area contributed by atoms with Gasteiger partial charge >= 0.3 is 0 Å². The second kappa shape index (κ2) is 6.36. The maximum absolute atomic E-state index is 12.0. The van der Waals surface area contributed by atoms with Gasteiger partial charge in [-0.3, -0.25) is 4.79 Å². The summed E-state index contributed by atoms with van der Waals surface area (Å²) in [4.78, 5) is 16.2. The molecule has 1 unspecified atom stereocenters. The number of halogens is 1. The van der Waals surface area contributed by atoms with Crippen LogP contribution in [0.3, 0.4) is 0 Å². The van der Waals surface area contributed by atoms with E-state index in [9.17, 15) is 4.79 Å². The molecule has 1 amide bonds. The summed E-state index contributed by atoms with van der Waals surface area (Å²) in [5.74, 6) is 0.225. The Labute approximate surface area is 130 Å². The van der Waals surface area contributed by atoms with Gasteiger partial charge < -0.3 is 15.2 Å². The molecule has 1 fully saturated rings. The summed E-state index contributed by atoms with van der Waals surface area (Å²) in [5, 5.41) is 9.79. The number of hydrogen-bond donors (Lipinski definition) is 2. The lowest BCUT2D eigenvalue weighted by Crippen LogP contribution is -2.24. The van der Waals surface area contributed by atoms with Gasteiger partial charge in [0.25, 0.3) is 11.7 Å². The predicted octanol–water partition coefficient (Wildman–Crippen LogP) is 2.19. The average molecular weight is 351 g/mol. The van der Waals surface area contributed by atoms with Crippen molar-refractivity contribution in [1.82, 2.24) is 20.8 Å². The fraction of sp³-hybridized carbons (Fsp3) is 0.357. The molecular formula is C14H15BrN4O2. The van der Waals surface area contributed by atoms with Crippen molar-refractivity contribution in [1.29, 1.82) is 0 Å². The molecule has 7 heteroatoms. The number of rotatable bonds is 4. The summed E-state index contributed by atoms with van der Waals surface area (Å²) in [5.41, 5.74) is 0.993. The first-order valence-corrected chi connectivity index (χ1v) is 7.62. The zero-order valence-electron chi connectivity index (χ0n) is 11.3. The van der Waals surface area contributed by atoms with Crippen LogP contribution < -0.4 is 10.6 Å². The molecule has 0 spiro atoms. The summed E-state index contributed by atoms with van der Waals surface area (Å²) < 4.78 is 6.10. The highest BCUT2D eigenvalue weighted by atomic mass is 79.9. The summed E-state index contributed by atoms with van der Waals surface area (Å²) in [6.45, 7) is 1.35. The molecule has 0 saturated carbocycles. The number of amides is 1. The minimum atomic E-state index is -0.334. The summed E-state index contributed by atoms with van der Waals surface area (Å²) in [6, 6.07) is 7.79. The van der Waals surface area contributed by atoms with Gasteiger partial charge in [0, 0.05) is 11.0 Å². The molecule has 1 aliphatic rings. The summed E-state index contributed by atoms with van der Waals surface area (Å²) in [7, 11) is 0. The fourth-order valence-electron chi connectivity index (χ4n) is 2.26. The van der Waals surface area contributed by atoms with Gasteiger partial charge in [0.05, 0.1) is 6.04 Å². The van der Waals surface area contributed by atoms with Gasteiger partial charge in [-0.25, -0.2) is 0 Å². The van der Waals surface area contributed by atoms with E-state index in [4.69, 9.17) is 4.52 Å². The minimum Gasteiger partial charge on any atom is -0.345 e. The van der Waals surface area contributed by atoms with Crippen molar-refractivity contribution in [3.63, 3.8) is 0 Å². The van der Waals surface area contributed by atoms with Crippen LogP contribution in [0.25, 0.3) is 0 Å². The van der Waals surface area contributed by atoms with Gasteiger partial charge in [0.2, 0.25) is 5.89 Å². The van der Waals surface area contributed by atoms with Crippen molar-refractivity contribution >= 4 is 21.8 Å². The van der Waals surface area contributed by atoms with Crippen molar-refractivity contribution in [3.8, 4) is 0 Å². The number of carbonyl (C=O) groups excluding carboxylic acids is 1. The van der Waals surface area contributed by atoms with Crippen LogP contribution in [-0.2, 0) is 6.54 Å². The molecule has 1 aromatic carbocycles. The molecule has 0 bridgehead atoms. The van der Waals surface area contributed by atoms with Crippen molar-refractivity contribution in [2.45, 2.75) is 25.4 Å². The molecule has 6 nitrogen and oxygen atoms in total. The predicted molar refractivity (Wildman–Crippen MR) is 79.6 cm³/mol. The van der Waals surface area contributed by atoms with Crippen LogP contribution in [0.5, 0.6) is 0 Å². The molecule has 3 rings (SSSR count). The Morgan fingerprint density at radius 2 is 2.33 bits per heavy atom. The van der Waals surface area contributed by atoms with Crippen LogP contribution in [0.1, 0.15) is 41.0 Å². The number of hydrogen-bond acceptors (Lipinski definition) is 5. The third kappa shape index (κ3) is 3.30. The van der Waals surface area contributed by atoms with E-state index >= 15 is 0 Å². The molecule has 2 heterocycles. The van der Waals surface area contributed by atoms with E-state index in [1.807, 2.05) is 24.3 Å². The van der Waals surface area contributed by atoms with Gasteiger partial charge in [-0.2, -0.15) is 4.98 Å². The largest absolute Gasteiger partial charge is 0.345 e. The van der Waals surface area contributed by atoms with Gasteiger partial charge in [0.15, 0.2) is 0 Å². The second-order valence-corrected chi connectivity index (χ2v) is 5.73. The SMILES string of the molecule is O=C(NCc1ccccc1Br)c1noc(C2CCCN2)n1. The van der Waals surface area contributed by atoms with E-state index in [0.717, 1.165) is 29.4 Å². The van der Waals surface area contributed by atoms with Crippen molar-refractivity contribution in [2.24, 2.45) is 0 Å². The Bertz CT molecular complexity index is 637. The fourth-order valence-corrected chi connectivity index (χ4v) is 2.69. The van der Waals surface area contributed by atoms with E-state index in [0.29, 0.717) is 12.4 Å². The highest BCUT2D eigenvalue weighted by molar-refractivity contribution is 9.10. The van der Waals surface area contributed by atoms with Crippen LogP contribution in [0, 0.1) is 0 Å². The molecule has 2 aromatic rings. The van der Waals surface area contributed by atoms with Crippen LogP contribution in [-0.4, -0.2) is 22.6 Å². The maximum atomic E-state index is 12.0. The van der Waals surface area contributed by atoms with Crippen molar-refractivity contribution in [2.75, 3.05) is 6.54 Å². The lowest BCUT2D eigenvalue weighted by molar-refractivity contribution is 0.0937. The molecule has 1 aliphatic heterocycles.